The van der Waals surface area contributed by atoms with Gasteiger partial charge in [0, 0.05) is 23.7 Å². The molecule has 1 fully saturated rings. The number of anilines is 1. The molecule has 156 valence electrons. The summed E-state index contributed by atoms with van der Waals surface area (Å²) in [6, 6.07) is 11.1. The topological polar surface area (TPSA) is 75.7 Å². The molecule has 0 atom stereocenters. The Labute approximate surface area is 176 Å². The van der Waals surface area contributed by atoms with Gasteiger partial charge in [0.15, 0.2) is 0 Å². The monoisotopic (exact) mass is 436 g/mol. The first-order chi connectivity index (χ1) is 13.8. The largest absolute Gasteiger partial charge is 0.492 e. The summed E-state index contributed by atoms with van der Waals surface area (Å²) in [5.74, 6) is 0.540. The number of nitrogens with zero attached hydrogens (tertiary/aromatic N) is 1. The van der Waals surface area contributed by atoms with Gasteiger partial charge in [-0.3, -0.25) is 4.79 Å². The number of hydrogen-bond acceptors (Lipinski definition) is 4. The second-order valence-electron chi connectivity index (χ2n) is 7.14. The van der Waals surface area contributed by atoms with E-state index in [9.17, 15) is 13.2 Å². The molecule has 2 aromatic carbocycles. The van der Waals surface area contributed by atoms with Crippen LogP contribution < -0.4 is 10.1 Å². The third kappa shape index (κ3) is 5.10. The molecule has 1 heterocycles. The van der Waals surface area contributed by atoms with Crippen LogP contribution in [0.4, 0.5) is 5.69 Å². The fraction of sp³-hybridized carbons (Fsp3) is 0.381. The fourth-order valence-corrected chi connectivity index (χ4v) is 4.93. The van der Waals surface area contributed by atoms with Crippen LogP contribution in [0.5, 0.6) is 5.75 Å². The molecule has 0 radical (unpaired) electrons. The van der Waals surface area contributed by atoms with E-state index >= 15 is 0 Å². The third-order valence-corrected chi connectivity index (χ3v) is 7.10. The van der Waals surface area contributed by atoms with E-state index in [1.54, 1.807) is 30.3 Å². The van der Waals surface area contributed by atoms with E-state index < -0.39 is 15.9 Å². The van der Waals surface area contributed by atoms with Crippen molar-refractivity contribution in [3.8, 4) is 5.75 Å². The highest BCUT2D eigenvalue weighted by molar-refractivity contribution is 7.89. The van der Waals surface area contributed by atoms with Crippen LogP contribution in [0.25, 0.3) is 0 Å². The maximum atomic E-state index is 13.1. The number of ether oxygens (including phenoxy) is 1. The van der Waals surface area contributed by atoms with Crippen molar-refractivity contribution < 1.29 is 17.9 Å². The number of nitrogens with one attached hydrogen (secondary N) is 1. The minimum Gasteiger partial charge on any atom is -0.492 e. The molecule has 3 rings (SSSR count). The Kier molecular flexibility index (Phi) is 6.82. The fourth-order valence-electron chi connectivity index (χ4n) is 3.25. The quantitative estimate of drug-likeness (QED) is 0.727. The molecule has 6 nitrogen and oxygen atoms in total. The molecule has 1 aliphatic rings. The Morgan fingerprint density at radius 2 is 1.93 bits per heavy atom. The van der Waals surface area contributed by atoms with Crippen LogP contribution in [0.2, 0.25) is 5.02 Å². The second kappa shape index (κ2) is 9.15. The molecular weight excluding hydrogens is 412 g/mol. The number of piperidine rings is 1. The van der Waals surface area contributed by atoms with E-state index in [1.807, 2.05) is 6.92 Å². The standard InChI is InChI=1S/C21H25ClN2O4S/c1-3-28-20-8-7-18(29(26,27)24-11-9-15(2)10-12-24)14-19(20)23-21(25)16-5-4-6-17(22)13-16/h4-8,13-15H,3,9-12H2,1-2H3,(H,23,25). The zero-order chi connectivity index (χ0) is 21.0. The summed E-state index contributed by atoms with van der Waals surface area (Å²) in [7, 11) is -3.64. The molecular formula is C21H25ClN2O4S. The van der Waals surface area contributed by atoms with E-state index in [4.69, 9.17) is 16.3 Å². The summed E-state index contributed by atoms with van der Waals surface area (Å²) in [4.78, 5) is 12.8. The lowest BCUT2D eigenvalue weighted by Crippen LogP contribution is -2.37. The highest BCUT2D eigenvalue weighted by atomic mass is 35.5. The third-order valence-electron chi connectivity index (χ3n) is 4.97. The summed E-state index contributed by atoms with van der Waals surface area (Å²) >= 11 is 5.96. The van der Waals surface area contributed by atoms with Crippen molar-refractivity contribution in [2.75, 3.05) is 25.0 Å². The summed E-state index contributed by atoms with van der Waals surface area (Å²) in [6.45, 7) is 5.34. The number of halogens is 1. The van der Waals surface area contributed by atoms with E-state index in [2.05, 4.69) is 12.2 Å². The van der Waals surface area contributed by atoms with Crippen molar-refractivity contribution in [3.05, 3.63) is 53.1 Å². The van der Waals surface area contributed by atoms with Crippen LogP contribution in [-0.4, -0.2) is 38.3 Å². The van der Waals surface area contributed by atoms with E-state index in [-0.39, 0.29) is 4.90 Å². The molecule has 0 saturated carbocycles. The van der Waals surface area contributed by atoms with Crippen molar-refractivity contribution >= 4 is 33.2 Å². The smallest absolute Gasteiger partial charge is 0.255 e. The van der Waals surface area contributed by atoms with Gasteiger partial charge in [0.1, 0.15) is 5.75 Å². The molecule has 0 aromatic heterocycles. The van der Waals surface area contributed by atoms with Gasteiger partial charge in [-0.1, -0.05) is 24.6 Å². The number of carbonyl (C=O) groups excluding carboxylic acids is 1. The number of sulfonamides is 1. The molecule has 0 bridgehead atoms. The van der Waals surface area contributed by atoms with Crippen LogP contribution in [0, 0.1) is 5.92 Å². The minimum atomic E-state index is -3.64. The lowest BCUT2D eigenvalue weighted by molar-refractivity contribution is 0.102. The molecule has 1 amide bonds. The SMILES string of the molecule is CCOc1ccc(S(=O)(=O)N2CCC(C)CC2)cc1NC(=O)c1cccc(Cl)c1. The molecule has 29 heavy (non-hydrogen) atoms. The lowest BCUT2D eigenvalue weighted by atomic mass is 10.0. The normalized spacial score (nSPS) is 15.8. The van der Waals surface area contributed by atoms with Crippen LogP contribution in [0.15, 0.2) is 47.4 Å². The average molecular weight is 437 g/mol. The van der Waals surface area contributed by atoms with E-state index in [0.29, 0.717) is 47.6 Å². The number of amides is 1. The Morgan fingerprint density at radius 1 is 1.21 bits per heavy atom. The van der Waals surface area contributed by atoms with Crippen molar-refractivity contribution in [2.24, 2.45) is 5.92 Å². The van der Waals surface area contributed by atoms with Gasteiger partial charge in [0.2, 0.25) is 10.0 Å². The van der Waals surface area contributed by atoms with Gasteiger partial charge in [0.25, 0.3) is 5.91 Å². The predicted molar refractivity (Wildman–Crippen MR) is 114 cm³/mol. The van der Waals surface area contributed by atoms with Gasteiger partial charge in [0.05, 0.1) is 17.2 Å². The maximum Gasteiger partial charge on any atom is 0.255 e. The number of carbonyl (C=O) groups is 1. The van der Waals surface area contributed by atoms with Crippen LogP contribution >= 0.6 is 11.6 Å². The summed E-state index contributed by atoms with van der Waals surface area (Å²) < 4.78 is 33.2. The highest BCUT2D eigenvalue weighted by Crippen LogP contribution is 2.31. The molecule has 2 aromatic rings. The van der Waals surface area contributed by atoms with Crippen molar-refractivity contribution in [3.63, 3.8) is 0 Å². The molecule has 1 N–H and O–H groups in total. The number of rotatable bonds is 6. The van der Waals surface area contributed by atoms with Gasteiger partial charge in [-0.25, -0.2) is 8.42 Å². The van der Waals surface area contributed by atoms with Gasteiger partial charge >= 0.3 is 0 Å². The molecule has 0 aliphatic carbocycles. The summed E-state index contributed by atoms with van der Waals surface area (Å²) in [5, 5.41) is 3.20. The summed E-state index contributed by atoms with van der Waals surface area (Å²) in [6.07, 6.45) is 1.68. The van der Waals surface area contributed by atoms with Gasteiger partial charge in [-0.2, -0.15) is 4.31 Å². The first-order valence-corrected chi connectivity index (χ1v) is 11.5. The molecule has 8 heteroatoms. The zero-order valence-electron chi connectivity index (χ0n) is 16.5. The van der Waals surface area contributed by atoms with Crippen molar-refractivity contribution in [1.82, 2.24) is 4.31 Å². The molecule has 0 spiro atoms. The molecule has 0 unspecified atom stereocenters. The predicted octanol–water partition coefficient (Wildman–Crippen LogP) is 4.41. The highest BCUT2D eigenvalue weighted by Gasteiger charge is 2.29. The number of benzene rings is 2. The number of hydrogen-bond donors (Lipinski definition) is 1. The zero-order valence-corrected chi connectivity index (χ0v) is 18.1. The van der Waals surface area contributed by atoms with Crippen molar-refractivity contribution in [1.29, 1.82) is 0 Å². The van der Waals surface area contributed by atoms with Crippen LogP contribution in [0.1, 0.15) is 37.0 Å². The maximum absolute atomic E-state index is 13.1. The average Bonchev–Trinajstić information content (AvgIpc) is 2.69. The van der Waals surface area contributed by atoms with E-state index in [1.165, 1.54) is 16.4 Å². The second-order valence-corrected chi connectivity index (χ2v) is 9.52. The Morgan fingerprint density at radius 3 is 2.59 bits per heavy atom. The van der Waals surface area contributed by atoms with Gasteiger partial charge in [-0.15, -0.1) is 0 Å². The van der Waals surface area contributed by atoms with Crippen molar-refractivity contribution in [2.45, 2.75) is 31.6 Å². The first-order valence-electron chi connectivity index (χ1n) is 9.65. The van der Waals surface area contributed by atoms with Crippen LogP contribution in [0.3, 0.4) is 0 Å². The minimum absolute atomic E-state index is 0.136. The Balaban J connectivity index is 1.90. The molecule has 1 aliphatic heterocycles. The van der Waals surface area contributed by atoms with Gasteiger partial charge < -0.3 is 10.1 Å². The molecule has 1 saturated heterocycles. The van der Waals surface area contributed by atoms with E-state index in [0.717, 1.165) is 12.8 Å². The van der Waals surface area contributed by atoms with Gasteiger partial charge in [-0.05, 0) is 62.1 Å². The summed E-state index contributed by atoms with van der Waals surface area (Å²) in [5.41, 5.74) is 0.682. The first kappa shape index (κ1) is 21.6. The Hall–Kier alpha value is -2.09. The lowest BCUT2D eigenvalue weighted by Gasteiger charge is -2.29. The Bertz CT molecular complexity index is 986. The van der Waals surface area contributed by atoms with Crippen LogP contribution in [-0.2, 0) is 10.0 Å².